The van der Waals surface area contributed by atoms with E-state index in [-0.39, 0.29) is 5.91 Å². The van der Waals surface area contributed by atoms with E-state index in [0.717, 1.165) is 16.5 Å². The maximum atomic E-state index is 12.5. The van der Waals surface area contributed by atoms with E-state index in [0.29, 0.717) is 11.4 Å². The summed E-state index contributed by atoms with van der Waals surface area (Å²) >= 11 is 1.43. The van der Waals surface area contributed by atoms with Crippen LogP contribution < -0.4 is 0 Å². The number of likely N-dealkylation sites (N-methyl/N-ethyl adjacent to an activating group) is 1. The average Bonchev–Trinajstić information content (AvgIpc) is 3.05. The minimum absolute atomic E-state index is 0.0170. The highest BCUT2D eigenvalue weighted by Crippen LogP contribution is 2.33. The van der Waals surface area contributed by atoms with Crippen LogP contribution in [0.2, 0.25) is 0 Å². The molecule has 1 aromatic carbocycles. The zero-order valence-corrected chi connectivity index (χ0v) is 13.4. The van der Waals surface area contributed by atoms with Gasteiger partial charge in [0.1, 0.15) is 0 Å². The van der Waals surface area contributed by atoms with Gasteiger partial charge in [-0.15, -0.1) is 0 Å². The predicted octanol–water partition coefficient (Wildman–Crippen LogP) is 3.65. The molecule has 0 spiro atoms. The monoisotopic (exact) mass is 311 g/mol. The van der Waals surface area contributed by atoms with Crippen LogP contribution in [0.5, 0.6) is 0 Å². The van der Waals surface area contributed by atoms with Gasteiger partial charge < -0.3 is 4.57 Å². The summed E-state index contributed by atoms with van der Waals surface area (Å²) in [6.45, 7) is 2.58. The van der Waals surface area contributed by atoms with E-state index >= 15 is 0 Å². The first-order valence-electron chi connectivity index (χ1n) is 7.15. The minimum atomic E-state index is 0.0170. The number of amides is 1. The van der Waals surface area contributed by atoms with Gasteiger partial charge in [0.15, 0.2) is 5.17 Å². The Labute approximate surface area is 134 Å². The second-order valence-electron chi connectivity index (χ2n) is 4.93. The second-order valence-corrected chi connectivity index (χ2v) is 5.94. The molecule has 0 aliphatic carbocycles. The number of hydrogen-bond acceptors (Lipinski definition) is 3. The summed E-state index contributed by atoms with van der Waals surface area (Å²) in [7, 11) is 1.97. The molecule has 0 N–H and O–H groups in total. The van der Waals surface area contributed by atoms with Gasteiger partial charge in [0.25, 0.3) is 5.91 Å². The first-order chi connectivity index (χ1) is 10.7. The molecule has 0 bridgehead atoms. The lowest BCUT2D eigenvalue weighted by Gasteiger charge is -2.11. The molecule has 0 unspecified atom stereocenters. The van der Waals surface area contributed by atoms with Gasteiger partial charge in [0, 0.05) is 25.5 Å². The molecule has 3 rings (SSSR count). The molecule has 2 heterocycles. The van der Waals surface area contributed by atoms with E-state index in [1.807, 2.05) is 73.3 Å². The summed E-state index contributed by atoms with van der Waals surface area (Å²) in [5.41, 5.74) is 1.87. The fourth-order valence-electron chi connectivity index (χ4n) is 2.24. The third kappa shape index (κ3) is 2.85. The van der Waals surface area contributed by atoms with E-state index in [1.165, 1.54) is 11.8 Å². The van der Waals surface area contributed by atoms with Crippen molar-refractivity contribution in [3.05, 3.63) is 59.3 Å². The maximum absolute atomic E-state index is 12.5. The van der Waals surface area contributed by atoms with Gasteiger partial charge in [-0.1, -0.05) is 18.2 Å². The molecule has 1 aliphatic rings. The lowest BCUT2D eigenvalue weighted by atomic mass is 10.3. The summed E-state index contributed by atoms with van der Waals surface area (Å²) in [4.78, 5) is 19.5. The number of rotatable bonds is 3. The van der Waals surface area contributed by atoms with Gasteiger partial charge in [0.2, 0.25) is 0 Å². The Morgan fingerprint density at radius 1 is 1.18 bits per heavy atom. The average molecular weight is 311 g/mol. The number of aryl methyl sites for hydroxylation is 1. The van der Waals surface area contributed by atoms with Crippen molar-refractivity contribution in [3.63, 3.8) is 0 Å². The van der Waals surface area contributed by atoms with E-state index in [1.54, 1.807) is 4.90 Å². The first-order valence-corrected chi connectivity index (χ1v) is 7.97. The Bertz CT molecular complexity index is 746. The number of aliphatic imine (C=N–C) groups is 1. The van der Waals surface area contributed by atoms with Gasteiger partial charge in [-0.3, -0.25) is 9.69 Å². The lowest BCUT2D eigenvalue weighted by molar-refractivity contribution is -0.122. The summed E-state index contributed by atoms with van der Waals surface area (Å²) in [5.74, 6) is 0.0170. The van der Waals surface area contributed by atoms with Crippen LogP contribution in [0.3, 0.4) is 0 Å². The van der Waals surface area contributed by atoms with E-state index in [2.05, 4.69) is 4.99 Å². The maximum Gasteiger partial charge on any atom is 0.266 e. The van der Waals surface area contributed by atoms with Crippen molar-refractivity contribution in [3.8, 4) is 0 Å². The Morgan fingerprint density at radius 2 is 1.95 bits per heavy atom. The Balaban J connectivity index is 1.94. The Kier molecular flexibility index (Phi) is 4.15. The summed E-state index contributed by atoms with van der Waals surface area (Å²) in [6.07, 6.45) is 3.89. The van der Waals surface area contributed by atoms with Crippen LogP contribution in [0.25, 0.3) is 6.08 Å². The number of amidine groups is 1. The highest BCUT2D eigenvalue weighted by atomic mass is 32.2. The third-order valence-electron chi connectivity index (χ3n) is 3.45. The molecule has 1 aliphatic heterocycles. The van der Waals surface area contributed by atoms with Crippen molar-refractivity contribution in [1.29, 1.82) is 0 Å². The van der Waals surface area contributed by atoms with E-state index < -0.39 is 0 Å². The second kappa shape index (κ2) is 6.23. The number of para-hydroxylation sites is 1. The quantitative estimate of drug-likeness (QED) is 0.812. The molecule has 1 saturated heterocycles. The third-order valence-corrected chi connectivity index (χ3v) is 4.45. The molecule has 112 valence electrons. The predicted molar refractivity (Wildman–Crippen MR) is 91.9 cm³/mol. The number of thioether (sulfide) groups is 1. The van der Waals surface area contributed by atoms with Crippen LogP contribution in [0, 0.1) is 0 Å². The standard InChI is InChI=1S/C17H17N3OS/c1-3-20-16(21)15(12-14-10-7-11-19(14)2)22-17(20)18-13-8-5-4-6-9-13/h4-12H,3H2,1-2H3/b15-12-,18-17?. The number of carbonyl (C=O) groups excluding carboxylic acids is 1. The highest BCUT2D eigenvalue weighted by molar-refractivity contribution is 8.18. The summed E-state index contributed by atoms with van der Waals surface area (Å²) < 4.78 is 1.99. The molecular formula is C17H17N3OS. The number of nitrogens with zero attached hydrogens (tertiary/aromatic N) is 3. The van der Waals surface area contributed by atoms with E-state index in [9.17, 15) is 4.79 Å². The van der Waals surface area contributed by atoms with Crippen molar-refractivity contribution < 1.29 is 4.79 Å². The van der Waals surface area contributed by atoms with Crippen molar-refractivity contribution >= 4 is 34.6 Å². The van der Waals surface area contributed by atoms with Gasteiger partial charge in [0.05, 0.1) is 10.6 Å². The largest absolute Gasteiger partial charge is 0.351 e. The molecule has 0 atom stereocenters. The van der Waals surface area contributed by atoms with Gasteiger partial charge in [-0.25, -0.2) is 4.99 Å². The van der Waals surface area contributed by atoms with Crippen LogP contribution >= 0.6 is 11.8 Å². The van der Waals surface area contributed by atoms with Gasteiger partial charge in [-0.2, -0.15) is 0 Å². The summed E-state index contributed by atoms with van der Waals surface area (Å²) in [5, 5.41) is 0.735. The number of carbonyl (C=O) groups is 1. The molecule has 1 aromatic heterocycles. The minimum Gasteiger partial charge on any atom is -0.351 e. The molecule has 1 fully saturated rings. The Hall–Kier alpha value is -2.27. The van der Waals surface area contributed by atoms with Crippen LogP contribution in [0.4, 0.5) is 5.69 Å². The highest BCUT2D eigenvalue weighted by Gasteiger charge is 2.32. The fraction of sp³-hybridized carbons (Fsp3) is 0.176. The number of hydrogen-bond donors (Lipinski definition) is 0. The normalized spacial score (nSPS) is 18.6. The molecule has 0 radical (unpaired) electrons. The topological polar surface area (TPSA) is 37.6 Å². The molecule has 2 aromatic rings. The summed E-state index contributed by atoms with van der Waals surface area (Å²) in [6, 6.07) is 13.7. The van der Waals surface area contributed by atoms with Crippen LogP contribution in [-0.4, -0.2) is 27.1 Å². The van der Waals surface area contributed by atoms with Crippen LogP contribution in [-0.2, 0) is 11.8 Å². The van der Waals surface area contributed by atoms with Gasteiger partial charge >= 0.3 is 0 Å². The molecule has 22 heavy (non-hydrogen) atoms. The van der Waals surface area contributed by atoms with Crippen molar-refractivity contribution in [2.45, 2.75) is 6.92 Å². The zero-order chi connectivity index (χ0) is 15.5. The Morgan fingerprint density at radius 3 is 2.59 bits per heavy atom. The van der Waals surface area contributed by atoms with Gasteiger partial charge in [-0.05, 0) is 49.0 Å². The fourth-order valence-corrected chi connectivity index (χ4v) is 3.29. The van der Waals surface area contributed by atoms with E-state index in [4.69, 9.17) is 0 Å². The zero-order valence-electron chi connectivity index (χ0n) is 12.6. The molecular weight excluding hydrogens is 294 g/mol. The number of aromatic nitrogens is 1. The molecule has 5 heteroatoms. The van der Waals surface area contributed by atoms with Crippen LogP contribution in [0.1, 0.15) is 12.6 Å². The SMILES string of the molecule is CCN1C(=O)/C(=C/c2cccn2C)SC1=Nc1ccccc1. The van der Waals surface area contributed by atoms with Crippen molar-refractivity contribution in [2.75, 3.05) is 6.54 Å². The molecule has 0 saturated carbocycles. The van der Waals surface area contributed by atoms with Crippen molar-refractivity contribution in [2.24, 2.45) is 12.0 Å². The van der Waals surface area contributed by atoms with Crippen molar-refractivity contribution in [1.82, 2.24) is 9.47 Å². The smallest absolute Gasteiger partial charge is 0.266 e. The lowest BCUT2D eigenvalue weighted by Crippen LogP contribution is -2.28. The first kappa shape index (κ1) is 14.7. The molecule has 1 amide bonds. The molecule has 4 nitrogen and oxygen atoms in total. The number of benzene rings is 1. The van der Waals surface area contributed by atoms with Crippen LogP contribution in [0.15, 0.2) is 58.6 Å².